The fraction of sp³-hybridized carbons (Fsp3) is 0.933. The zero-order valence-electron chi connectivity index (χ0n) is 13.5. The van der Waals surface area contributed by atoms with Crippen molar-refractivity contribution in [1.82, 2.24) is 10.2 Å². The van der Waals surface area contributed by atoms with Crippen molar-refractivity contribution in [2.45, 2.75) is 51.2 Å². The van der Waals surface area contributed by atoms with Gasteiger partial charge in [-0.3, -0.25) is 4.79 Å². The van der Waals surface area contributed by atoms with Crippen LogP contribution in [0.4, 0.5) is 0 Å². The van der Waals surface area contributed by atoms with Crippen LogP contribution in [-0.4, -0.2) is 55.7 Å². The molecule has 7 heteroatoms. The van der Waals surface area contributed by atoms with Gasteiger partial charge in [-0.25, -0.2) is 0 Å². The molecule has 0 bridgehead atoms. The Labute approximate surface area is 146 Å². The maximum absolute atomic E-state index is 12.0. The van der Waals surface area contributed by atoms with Crippen molar-refractivity contribution in [2.24, 2.45) is 11.7 Å². The van der Waals surface area contributed by atoms with Crippen LogP contribution in [0.25, 0.3) is 0 Å². The summed E-state index contributed by atoms with van der Waals surface area (Å²) in [5, 5.41) is 3.06. The van der Waals surface area contributed by atoms with E-state index >= 15 is 0 Å². The van der Waals surface area contributed by atoms with Crippen LogP contribution >= 0.6 is 24.8 Å². The smallest absolute Gasteiger partial charge is 0.249 e. The standard InChI is InChI=1S/C15H29N3O2.2ClH/c1-2-7-18-8-5-12(6-9-18)11-17-15(19)14-4-3-13(10-16)20-14;;/h12-14H,2-11,16H2,1H3,(H,17,19);2*1H/t13-,14+;;/m1../s1. The lowest BCUT2D eigenvalue weighted by Gasteiger charge is -2.31. The molecular formula is C15H31Cl2N3O2. The summed E-state index contributed by atoms with van der Waals surface area (Å²) < 4.78 is 5.62. The first-order valence-corrected chi connectivity index (χ1v) is 8.08. The second-order valence-corrected chi connectivity index (χ2v) is 6.09. The number of ether oxygens (including phenoxy) is 1. The fourth-order valence-electron chi connectivity index (χ4n) is 3.16. The second kappa shape index (κ2) is 11.5. The Bertz CT molecular complexity index is 313. The Balaban J connectivity index is 0.00000220. The second-order valence-electron chi connectivity index (χ2n) is 6.09. The Morgan fingerprint density at radius 1 is 1.23 bits per heavy atom. The Morgan fingerprint density at radius 2 is 1.91 bits per heavy atom. The molecule has 2 saturated heterocycles. The van der Waals surface area contributed by atoms with E-state index in [0.717, 1.165) is 19.4 Å². The SMILES string of the molecule is CCCN1CCC(CNC(=O)[C@@H]2CC[C@H](CN)O2)CC1.Cl.Cl. The first-order valence-electron chi connectivity index (χ1n) is 8.08. The molecule has 2 fully saturated rings. The van der Waals surface area contributed by atoms with Gasteiger partial charge in [0.15, 0.2) is 0 Å². The number of likely N-dealkylation sites (tertiary alicyclic amines) is 1. The van der Waals surface area contributed by atoms with Crippen LogP contribution in [0.1, 0.15) is 39.0 Å². The Morgan fingerprint density at radius 3 is 2.45 bits per heavy atom. The monoisotopic (exact) mass is 355 g/mol. The lowest BCUT2D eigenvalue weighted by atomic mass is 9.96. The summed E-state index contributed by atoms with van der Waals surface area (Å²) in [4.78, 5) is 14.5. The van der Waals surface area contributed by atoms with E-state index in [4.69, 9.17) is 10.5 Å². The maximum atomic E-state index is 12.0. The number of carbonyl (C=O) groups excluding carboxylic acids is 1. The van der Waals surface area contributed by atoms with Gasteiger partial charge in [-0.05, 0) is 57.7 Å². The van der Waals surface area contributed by atoms with Gasteiger partial charge in [0.2, 0.25) is 5.91 Å². The van der Waals surface area contributed by atoms with Gasteiger partial charge in [0.05, 0.1) is 6.10 Å². The number of nitrogens with two attached hydrogens (primary N) is 1. The molecule has 0 saturated carbocycles. The molecule has 5 nitrogen and oxygen atoms in total. The average Bonchev–Trinajstić information content (AvgIpc) is 2.95. The summed E-state index contributed by atoms with van der Waals surface area (Å²) >= 11 is 0. The molecule has 0 aromatic carbocycles. The summed E-state index contributed by atoms with van der Waals surface area (Å²) in [5.41, 5.74) is 5.56. The van der Waals surface area contributed by atoms with E-state index in [1.807, 2.05) is 0 Å². The number of rotatable bonds is 6. The number of carbonyl (C=O) groups is 1. The van der Waals surface area contributed by atoms with Crippen molar-refractivity contribution >= 4 is 30.7 Å². The van der Waals surface area contributed by atoms with Crippen LogP contribution < -0.4 is 11.1 Å². The van der Waals surface area contributed by atoms with E-state index in [2.05, 4.69) is 17.1 Å². The minimum Gasteiger partial charge on any atom is -0.364 e. The molecule has 0 spiro atoms. The van der Waals surface area contributed by atoms with Crippen molar-refractivity contribution in [3.63, 3.8) is 0 Å². The molecule has 0 unspecified atom stereocenters. The number of hydrogen-bond donors (Lipinski definition) is 2. The first-order chi connectivity index (χ1) is 9.72. The van der Waals surface area contributed by atoms with Crippen molar-refractivity contribution in [1.29, 1.82) is 0 Å². The van der Waals surface area contributed by atoms with Gasteiger partial charge < -0.3 is 20.7 Å². The molecule has 2 aliphatic rings. The molecule has 2 aliphatic heterocycles. The van der Waals surface area contributed by atoms with Gasteiger partial charge in [0, 0.05) is 13.1 Å². The van der Waals surface area contributed by atoms with Crippen LogP contribution in [0.3, 0.4) is 0 Å². The number of piperidine rings is 1. The maximum Gasteiger partial charge on any atom is 0.249 e. The lowest BCUT2D eigenvalue weighted by molar-refractivity contribution is -0.132. The van der Waals surface area contributed by atoms with E-state index in [0.29, 0.717) is 12.5 Å². The highest BCUT2D eigenvalue weighted by atomic mass is 35.5. The van der Waals surface area contributed by atoms with Gasteiger partial charge in [-0.15, -0.1) is 24.8 Å². The number of hydrogen-bond acceptors (Lipinski definition) is 4. The van der Waals surface area contributed by atoms with E-state index < -0.39 is 0 Å². The molecule has 0 radical (unpaired) electrons. The molecule has 0 aromatic heterocycles. The molecule has 2 atom stereocenters. The van der Waals surface area contributed by atoms with Crippen LogP contribution in [0.2, 0.25) is 0 Å². The topological polar surface area (TPSA) is 67.6 Å². The molecule has 1 amide bonds. The Kier molecular flexibility index (Phi) is 11.4. The zero-order valence-corrected chi connectivity index (χ0v) is 15.1. The highest BCUT2D eigenvalue weighted by molar-refractivity contribution is 5.85. The summed E-state index contributed by atoms with van der Waals surface area (Å²) in [7, 11) is 0. The quantitative estimate of drug-likeness (QED) is 0.758. The van der Waals surface area contributed by atoms with Crippen molar-refractivity contribution in [2.75, 3.05) is 32.7 Å². The average molecular weight is 356 g/mol. The fourth-order valence-corrected chi connectivity index (χ4v) is 3.16. The van der Waals surface area contributed by atoms with Crippen LogP contribution in [0.15, 0.2) is 0 Å². The van der Waals surface area contributed by atoms with Crippen molar-refractivity contribution in [3.8, 4) is 0 Å². The van der Waals surface area contributed by atoms with Gasteiger partial charge >= 0.3 is 0 Å². The van der Waals surface area contributed by atoms with Crippen molar-refractivity contribution in [3.05, 3.63) is 0 Å². The number of halogens is 2. The molecule has 22 heavy (non-hydrogen) atoms. The molecule has 3 N–H and O–H groups in total. The molecule has 0 aromatic rings. The van der Waals surface area contributed by atoms with Gasteiger partial charge in [-0.1, -0.05) is 6.92 Å². The normalized spacial score (nSPS) is 26.1. The Hall–Kier alpha value is -0.0700. The number of amides is 1. The van der Waals surface area contributed by atoms with Gasteiger partial charge in [0.1, 0.15) is 6.10 Å². The van der Waals surface area contributed by atoms with Crippen LogP contribution in [0, 0.1) is 5.92 Å². The molecule has 132 valence electrons. The van der Waals surface area contributed by atoms with Gasteiger partial charge in [0.25, 0.3) is 0 Å². The largest absolute Gasteiger partial charge is 0.364 e. The van der Waals surface area contributed by atoms with Crippen molar-refractivity contribution < 1.29 is 9.53 Å². The van der Waals surface area contributed by atoms with E-state index in [9.17, 15) is 4.79 Å². The first kappa shape index (κ1) is 21.9. The highest BCUT2D eigenvalue weighted by Crippen LogP contribution is 2.20. The van der Waals surface area contributed by atoms with Crippen LogP contribution in [-0.2, 0) is 9.53 Å². The molecular weight excluding hydrogens is 325 g/mol. The predicted octanol–water partition coefficient (Wildman–Crippen LogP) is 1.57. The van der Waals surface area contributed by atoms with Crippen LogP contribution in [0.5, 0.6) is 0 Å². The molecule has 2 heterocycles. The minimum absolute atomic E-state index is 0. The highest BCUT2D eigenvalue weighted by Gasteiger charge is 2.30. The van der Waals surface area contributed by atoms with E-state index in [-0.39, 0.29) is 42.9 Å². The van der Waals surface area contributed by atoms with E-state index in [1.54, 1.807) is 0 Å². The predicted molar refractivity (Wildman–Crippen MR) is 93.9 cm³/mol. The number of nitrogens with zero attached hydrogens (tertiary/aromatic N) is 1. The molecule has 0 aliphatic carbocycles. The van der Waals surface area contributed by atoms with Gasteiger partial charge in [-0.2, -0.15) is 0 Å². The third-order valence-corrected chi connectivity index (χ3v) is 4.47. The lowest BCUT2D eigenvalue weighted by Crippen LogP contribution is -2.41. The summed E-state index contributed by atoms with van der Waals surface area (Å²) in [6.07, 6.45) is 5.12. The minimum atomic E-state index is -0.274. The summed E-state index contributed by atoms with van der Waals surface area (Å²) in [5.74, 6) is 0.677. The zero-order chi connectivity index (χ0) is 14.4. The van der Waals surface area contributed by atoms with E-state index in [1.165, 1.54) is 38.9 Å². The summed E-state index contributed by atoms with van der Waals surface area (Å²) in [6.45, 7) is 7.08. The summed E-state index contributed by atoms with van der Waals surface area (Å²) in [6, 6.07) is 0. The third-order valence-electron chi connectivity index (χ3n) is 4.47. The molecule has 2 rings (SSSR count). The third kappa shape index (κ3) is 6.59. The number of nitrogens with one attached hydrogen (secondary N) is 1.